The van der Waals surface area contributed by atoms with Gasteiger partial charge in [0.1, 0.15) is 5.76 Å². The zero-order chi connectivity index (χ0) is 17.2. The van der Waals surface area contributed by atoms with Gasteiger partial charge in [0.15, 0.2) is 5.89 Å². The first-order valence-corrected chi connectivity index (χ1v) is 8.49. The molecule has 1 heterocycles. The van der Waals surface area contributed by atoms with Gasteiger partial charge in [-0.05, 0) is 37.6 Å². The van der Waals surface area contributed by atoms with E-state index >= 15 is 0 Å². The molecule has 1 aromatic carbocycles. The van der Waals surface area contributed by atoms with Crippen LogP contribution in [-0.4, -0.2) is 10.9 Å². The number of carbonyl (C=O) groups excluding carboxylic acids is 1. The van der Waals surface area contributed by atoms with Gasteiger partial charge in [-0.25, -0.2) is 4.98 Å². The molecule has 0 saturated carbocycles. The highest BCUT2D eigenvalue weighted by atomic mass is 79.9. The number of anilines is 1. The third-order valence-electron chi connectivity index (χ3n) is 3.56. The van der Waals surface area contributed by atoms with Crippen LogP contribution in [-0.2, 0) is 16.6 Å². The summed E-state index contributed by atoms with van der Waals surface area (Å²) >= 11 is 3.45. The minimum Gasteiger partial charge on any atom is -0.445 e. The van der Waals surface area contributed by atoms with Gasteiger partial charge in [0.25, 0.3) is 0 Å². The molecule has 2 rings (SSSR count). The van der Waals surface area contributed by atoms with Gasteiger partial charge in [-0.1, -0.05) is 36.7 Å². The van der Waals surface area contributed by atoms with Gasteiger partial charge in [0, 0.05) is 28.4 Å². The van der Waals surface area contributed by atoms with Crippen molar-refractivity contribution in [2.75, 3.05) is 5.32 Å². The first kappa shape index (κ1) is 17.7. The monoisotopic (exact) mass is 378 g/mol. The maximum Gasteiger partial charge on any atom is 0.224 e. The molecule has 5 heteroatoms. The Balaban J connectivity index is 1.96. The molecule has 4 nitrogen and oxygen atoms in total. The summed E-state index contributed by atoms with van der Waals surface area (Å²) in [5.41, 5.74) is 2.63. The first-order valence-electron chi connectivity index (χ1n) is 7.69. The van der Waals surface area contributed by atoms with E-state index in [1.54, 1.807) is 0 Å². The molecule has 0 spiro atoms. The number of carbonyl (C=O) groups is 1. The zero-order valence-corrected chi connectivity index (χ0v) is 15.9. The van der Waals surface area contributed by atoms with E-state index in [9.17, 15) is 4.79 Å². The van der Waals surface area contributed by atoms with Crippen LogP contribution in [0, 0.1) is 13.8 Å². The molecule has 23 heavy (non-hydrogen) atoms. The van der Waals surface area contributed by atoms with Gasteiger partial charge in [-0.3, -0.25) is 4.79 Å². The Bertz CT molecular complexity index is 714. The smallest absolute Gasteiger partial charge is 0.224 e. The predicted octanol–water partition coefficient (Wildman–Crippen LogP) is 4.92. The second-order valence-electron chi connectivity index (χ2n) is 6.79. The Hall–Kier alpha value is -1.62. The van der Waals surface area contributed by atoms with E-state index in [2.05, 4.69) is 47.0 Å². The van der Waals surface area contributed by atoms with E-state index < -0.39 is 0 Å². The van der Waals surface area contributed by atoms with E-state index in [-0.39, 0.29) is 11.3 Å². The SMILES string of the molecule is Cc1cc(NC(=O)CCc2oc(C(C)(C)C)nc2C)ccc1Br. The molecular weight excluding hydrogens is 356 g/mol. The Labute approximate surface area is 145 Å². The maximum atomic E-state index is 12.1. The highest BCUT2D eigenvalue weighted by Gasteiger charge is 2.22. The van der Waals surface area contributed by atoms with E-state index in [1.807, 2.05) is 32.0 Å². The van der Waals surface area contributed by atoms with Gasteiger partial charge >= 0.3 is 0 Å². The lowest BCUT2D eigenvalue weighted by atomic mass is 9.97. The normalized spacial score (nSPS) is 11.6. The Morgan fingerprint density at radius 1 is 1.30 bits per heavy atom. The molecular formula is C18H23BrN2O2. The van der Waals surface area contributed by atoms with Crippen LogP contribution in [0.4, 0.5) is 5.69 Å². The van der Waals surface area contributed by atoms with Crippen LogP contribution in [0.1, 0.15) is 50.1 Å². The predicted molar refractivity (Wildman–Crippen MR) is 95.8 cm³/mol. The third kappa shape index (κ3) is 4.67. The van der Waals surface area contributed by atoms with Crippen molar-refractivity contribution in [3.63, 3.8) is 0 Å². The van der Waals surface area contributed by atoms with Crippen molar-refractivity contribution in [3.8, 4) is 0 Å². The van der Waals surface area contributed by atoms with Gasteiger partial charge in [0.2, 0.25) is 5.91 Å². The summed E-state index contributed by atoms with van der Waals surface area (Å²) in [6.45, 7) is 10.1. The quantitative estimate of drug-likeness (QED) is 0.820. The summed E-state index contributed by atoms with van der Waals surface area (Å²) in [5.74, 6) is 1.48. The number of hydrogen-bond acceptors (Lipinski definition) is 3. The number of nitrogens with zero attached hydrogens (tertiary/aromatic N) is 1. The number of aromatic nitrogens is 1. The number of nitrogens with one attached hydrogen (secondary N) is 1. The van der Waals surface area contributed by atoms with E-state index in [4.69, 9.17) is 4.42 Å². The van der Waals surface area contributed by atoms with Crippen LogP contribution in [0.5, 0.6) is 0 Å². The zero-order valence-electron chi connectivity index (χ0n) is 14.3. The molecule has 2 aromatic rings. The van der Waals surface area contributed by atoms with Crippen molar-refractivity contribution in [3.05, 3.63) is 45.6 Å². The number of oxazole rings is 1. The van der Waals surface area contributed by atoms with Crippen LogP contribution in [0.15, 0.2) is 27.1 Å². The molecule has 1 N–H and O–H groups in total. The second kappa shape index (κ2) is 6.87. The maximum absolute atomic E-state index is 12.1. The minimum absolute atomic E-state index is 0.0279. The molecule has 1 amide bonds. The first-order chi connectivity index (χ1) is 10.7. The fourth-order valence-corrected chi connectivity index (χ4v) is 2.40. The second-order valence-corrected chi connectivity index (χ2v) is 7.64. The minimum atomic E-state index is -0.125. The Morgan fingerprint density at radius 2 is 2.00 bits per heavy atom. The number of hydrogen-bond donors (Lipinski definition) is 1. The molecule has 0 aliphatic carbocycles. The average Bonchev–Trinajstić information content (AvgIpc) is 2.82. The molecule has 0 atom stereocenters. The third-order valence-corrected chi connectivity index (χ3v) is 4.44. The summed E-state index contributed by atoms with van der Waals surface area (Å²) in [7, 11) is 0. The van der Waals surface area contributed by atoms with Gasteiger partial charge < -0.3 is 9.73 Å². The number of amides is 1. The molecule has 0 radical (unpaired) electrons. The highest BCUT2D eigenvalue weighted by molar-refractivity contribution is 9.10. The van der Waals surface area contributed by atoms with Crippen LogP contribution >= 0.6 is 15.9 Å². The van der Waals surface area contributed by atoms with Gasteiger partial charge in [-0.2, -0.15) is 0 Å². The lowest BCUT2D eigenvalue weighted by molar-refractivity contribution is -0.116. The van der Waals surface area contributed by atoms with Crippen molar-refractivity contribution >= 4 is 27.5 Å². The fourth-order valence-electron chi connectivity index (χ4n) is 2.15. The molecule has 0 fully saturated rings. The number of halogens is 1. The highest BCUT2D eigenvalue weighted by Crippen LogP contribution is 2.25. The molecule has 0 saturated heterocycles. The number of rotatable bonds is 4. The molecule has 1 aromatic heterocycles. The van der Waals surface area contributed by atoms with E-state index in [0.717, 1.165) is 27.2 Å². The van der Waals surface area contributed by atoms with Crippen LogP contribution in [0.25, 0.3) is 0 Å². The molecule has 124 valence electrons. The van der Waals surface area contributed by atoms with Gasteiger partial charge in [-0.15, -0.1) is 0 Å². The van der Waals surface area contributed by atoms with Crippen LogP contribution < -0.4 is 5.32 Å². The lowest BCUT2D eigenvalue weighted by Crippen LogP contribution is -2.12. The molecule has 0 aliphatic rings. The van der Waals surface area contributed by atoms with Crippen LogP contribution in [0.3, 0.4) is 0 Å². The molecule has 0 unspecified atom stereocenters. The fraction of sp³-hybridized carbons (Fsp3) is 0.444. The van der Waals surface area contributed by atoms with Crippen molar-refractivity contribution in [1.82, 2.24) is 4.98 Å². The van der Waals surface area contributed by atoms with Gasteiger partial charge in [0.05, 0.1) is 5.69 Å². The summed E-state index contributed by atoms with van der Waals surface area (Å²) in [5, 5.41) is 2.91. The van der Waals surface area contributed by atoms with Crippen LogP contribution in [0.2, 0.25) is 0 Å². The summed E-state index contributed by atoms with van der Waals surface area (Å²) in [4.78, 5) is 16.6. The van der Waals surface area contributed by atoms with Crippen molar-refractivity contribution in [2.24, 2.45) is 0 Å². The topological polar surface area (TPSA) is 55.1 Å². The van der Waals surface area contributed by atoms with E-state index in [1.165, 1.54) is 0 Å². The summed E-state index contributed by atoms with van der Waals surface area (Å²) in [6, 6.07) is 5.76. The van der Waals surface area contributed by atoms with Crippen molar-refractivity contribution in [2.45, 2.75) is 52.9 Å². The summed E-state index contributed by atoms with van der Waals surface area (Å²) < 4.78 is 6.85. The standard InChI is InChI=1S/C18H23BrN2O2/c1-11-10-13(6-7-14(11)19)21-16(22)9-8-15-12(2)20-17(23-15)18(3,4)5/h6-7,10H,8-9H2,1-5H3,(H,21,22). The number of benzene rings is 1. The largest absolute Gasteiger partial charge is 0.445 e. The summed E-state index contributed by atoms with van der Waals surface area (Å²) in [6.07, 6.45) is 0.922. The average molecular weight is 379 g/mol. The lowest BCUT2D eigenvalue weighted by Gasteiger charge is -2.12. The number of aryl methyl sites for hydroxylation is 3. The Morgan fingerprint density at radius 3 is 2.57 bits per heavy atom. The Kier molecular flexibility index (Phi) is 5.30. The van der Waals surface area contributed by atoms with Crippen molar-refractivity contribution in [1.29, 1.82) is 0 Å². The van der Waals surface area contributed by atoms with Crippen molar-refractivity contribution < 1.29 is 9.21 Å². The molecule has 0 bridgehead atoms. The van der Waals surface area contributed by atoms with E-state index in [0.29, 0.717) is 18.7 Å². The molecule has 0 aliphatic heterocycles.